The Morgan fingerprint density at radius 3 is 2.52 bits per heavy atom. The molecule has 3 aromatic rings. The number of nitrogens with one attached hydrogen (secondary N) is 2. The van der Waals surface area contributed by atoms with Gasteiger partial charge >= 0.3 is 6.03 Å². The van der Waals surface area contributed by atoms with E-state index in [1.807, 2.05) is 79.2 Å². The molecular weight excluding hydrogens is 392 g/mol. The van der Waals surface area contributed by atoms with E-state index in [4.69, 9.17) is 0 Å². The zero-order chi connectivity index (χ0) is 22.0. The molecule has 2 heterocycles. The van der Waals surface area contributed by atoms with Crippen molar-refractivity contribution in [3.63, 3.8) is 0 Å². The van der Waals surface area contributed by atoms with Crippen molar-refractivity contribution in [2.75, 3.05) is 11.9 Å². The van der Waals surface area contributed by atoms with Gasteiger partial charge in [0.1, 0.15) is 12.2 Å². The molecule has 7 nitrogen and oxygen atoms in total. The predicted molar refractivity (Wildman–Crippen MR) is 119 cm³/mol. The Morgan fingerprint density at radius 1 is 1.00 bits per heavy atom. The molecule has 0 aliphatic carbocycles. The number of nitrogens with zero attached hydrogens (tertiary/aromatic N) is 2. The molecule has 1 saturated heterocycles. The Labute approximate surface area is 180 Å². The topological polar surface area (TPSA) is 83.4 Å². The molecular formula is C24H22N4O3. The summed E-state index contributed by atoms with van der Waals surface area (Å²) >= 11 is 0. The van der Waals surface area contributed by atoms with Gasteiger partial charge in [-0.05, 0) is 61.9 Å². The van der Waals surface area contributed by atoms with Crippen molar-refractivity contribution in [1.82, 2.24) is 14.8 Å². The van der Waals surface area contributed by atoms with Gasteiger partial charge in [0.25, 0.3) is 5.91 Å². The van der Waals surface area contributed by atoms with Crippen LogP contribution in [0.2, 0.25) is 0 Å². The summed E-state index contributed by atoms with van der Waals surface area (Å²) in [7, 11) is 0. The van der Waals surface area contributed by atoms with Crippen LogP contribution in [0.4, 0.5) is 10.5 Å². The maximum absolute atomic E-state index is 12.8. The van der Waals surface area contributed by atoms with Gasteiger partial charge in [-0.15, -0.1) is 0 Å². The molecule has 1 aliphatic rings. The minimum Gasteiger partial charge on any atom is -0.325 e. The molecule has 0 radical (unpaired) electrons. The molecule has 0 saturated carbocycles. The smallest absolute Gasteiger partial charge is 0.325 e. The molecule has 1 fully saturated rings. The number of carbonyl (C=O) groups excluding carboxylic acids is 3. The van der Waals surface area contributed by atoms with Crippen LogP contribution in [0.5, 0.6) is 0 Å². The number of benzene rings is 2. The number of anilines is 1. The Bertz CT molecular complexity index is 1190. The number of hydrogen-bond acceptors (Lipinski definition) is 3. The molecule has 31 heavy (non-hydrogen) atoms. The van der Waals surface area contributed by atoms with Crippen molar-refractivity contribution in [2.45, 2.75) is 13.8 Å². The molecule has 7 heteroatoms. The lowest BCUT2D eigenvalue weighted by Crippen LogP contribution is -2.38. The third-order valence-electron chi connectivity index (χ3n) is 4.95. The number of aromatic nitrogens is 1. The average Bonchev–Trinajstić information content (AvgIpc) is 3.29. The summed E-state index contributed by atoms with van der Waals surface area (Å²) in [4.78, 5) is 38.3. The maximum Gasteiger partial charge on any atom is 0.329 e. The van der Waals surface area contributed by atoms with Crippen molar-refractivity contribution in [1.29, 1.82) is 0 Å². The van der Waals surface area contributed by atoms with Gasteiger partial charge in [-0.2, -0.15) is 0 Å². The quantitative estimate of drug-likeness (QED) is 0.494. The number of rotatable bonds is 5. The van der Waals surface area contributed by atoms with Crippen molar-refractivity contribution in [3.05, 3.63) is 89.4 Å². The first-order valence-corrected chi connectivity index (χ1v) is 9.86. The second-order valence-corrected chi connectivity index (χ2v) is 7.44. The highest BCUT2D eigenvalue weighted by molar-refractivity contribution is 6.15. The minimum atomic E-state index is -0.621. The zero-order valence-electron chi connectivity index (χ0n) is 17.3. The Hall–Kier alpha value is -4.13. The first-order valence-electron chi connectivity index (χ1n) is 9.86. The van der Waals surface area contributed by atoms with E-state index in [2.05, 4.69) is 10.6 Å². The van der Waals surface area contributed by atoms with E-state index in [1.165, 1.54) is 0 Å². The molecule has 1 aromatic heterocycles. The highest BCUT2D eigenvalue weighted by Crippen LogP contribution is 2.19. The number of urea groups is 1. The lowest BCUT2D eigenvalue weighted by Gasteiger charge is -2.12. The summed E-state index contributed by atoms with van der Waals surface area (Å²) in [5.41, 5.74) is 4.56. The number of amides is 4. The van der Waals surface area contributed by atoms with E-state index in [0.29, 0.717) is 5.69 Å². The summed E-state index contributed by atoms with van der Waals surface area (Å²) in [5, 5.41) is 5.27. The third kappa shape index (κ3) is 4.40. The standard InChI is InChI=1S/C24H22N4O3/c1-16-8-10-19(11-9-16)27-12-4-7-20(27)14-21-23(30)28(24(31)26-21)15-22(29)25-18-6-3-5-17(2)13-18/h3-14H,15H2,1-2H3,(H,25,29)(H,26,31). The number of imide groups is 1. The number of aryl methyl sites for hydroxylation is 2. The maximum atomic E-state index is 12.8. The summed E-state index contributed by atoms with van der Waals surface area (Å²) < 4.78 is 1.92. The lowest BCUT2D eigenvalue weighted by atomic mass is 10.2. The fourth-order valence-electron chi connectivity index (χ4n) is 3.38. The SMILES string of the molecule is Cc1ccc(-n2cccc2C=C2NC(=O)N(CC(=O)Nc3cccc(C)c3)C2=O)cc1. The fraction of sp³-hybridized carbons (Fsp3) is 0.125. The molecule has 2 N–H and O–H groups in total. The summed E-state index contributed by atoms with van der Waals surface area (Å²) in [6.07, 6.45) is 3.49. The van der Waals surface area contributed by atoms with Crippen LogP contribution in [-0.2, 0) is 9.59 Å². The molecule has 156 valence electrons. The van der Waals surface area contributed by atoms with E-state index in [-0.39, 0.29) is 12.2 Å². The minimum absolute atomic E-state index is 0.125. The van der Waals surface area contributed by atoms with Gasteiger partial charge in [0, 0.05) is 23.3 Å². The third-order valence-corrected chi connectivity index (χ3v) is 4.95. The van der Waals surface area contributed by atoms with Crippen molar-refractivity contribution in [3.8, 4) is 5.69 Å². The van der Waals surface area contributed by atoms with E-state index in [9.17, 15) is 14.4 Å². The van der Waals surface area contributed by atoms with Crippen LogP contribution in [0.15, 0.2) is 72.6 Å². The van der Waals surface area contributed by atoms with E-state index < -0.39 is 17.8 Å². The van der Waals surface area contributed by atoms with Crippen LogP contribution >= 0.6 is 0 Å². The molecule has 0 bridgehead atoms. The van der Waals surface area contributed by atoms with E-state index in [0.717, 1.165) is 27.4 Å². The molecule has 4 amide bonds. The summed E-state index contributed by atoms with van der Waals surface area (Å²) in [6, 6.07) is 18.4. The van der Waals surface area contributed by atoms with Crippen molar-refractivity contribution < 1.29 is 14.4 Å². The molecule has 0 unspecified atom stereocenters. The second-order valence-electron chi connectivity index (χ2n) is 7.44. The van der Waals surface area contributed by atoms with Gasteiger partial charge in [0.2, 0.25) is 5.91 Å². The summed E-state index contributed by atoms with van der Waals surface area (Å²) in [6.45, 7) is 3.56. The fourth-order valence-corrected chi connectivity index (χ4v) is 3.38. The van der Waals surface area contributed by atoms with Crippen LogP contribution in [0.25, 0.3) is 11.8 Å². The Morgan fingerprint density at radius 2 is 1.77 bits per heavy atom. The van der Waals surface area contributed by atoms with Crippen molar-refractivity contribution in [2.24, 2.45) is 0 Å². The highest BCUT2D eigenvalue weighted by Gasteiger charge is 2.35. The van der Waals surface area contributed by atoms with Gasteiger partial charge in [0.05, 0.1) is 0 Å². The van der Waals surface area contributed by atoms with Crippen molar-refractivity contribution >= 4 is 29.6 Å². The molecule has 4 rings (SSSR count). The average molecular weight is 414 g/mol. The Balaban J connectivity index is 1.50. The highest BCUT2D eigenvalue weighted by atomic mass is 16.2. The molecule has 1 aliphatic heterocycles. The van der Waals surface area contributed by atoms with Crippen LogP contribution < -0.4 is 10.6 Å². The van der Waals surface area contributed by atoms with Crippen LogP contribution in [-0.4, -0.2) is 33.9 Å². The second kappa shape index (κ2) is 8.31. The van der Waals surface area contributed by atoms with E-state index in [1.54, 1.807) is 12.1 Å². The van der Waals surface area contributed by atoms with Gasteiger partial charge in [0.15, 0.2) is 0 Å². The predicted octanol–water partition coefficient (Wildman–Crippen LogP) is 3.63. The van der Waals surface area contributed by atoms with Gasteiger partial charge in [-0.3, -0.25) is 9.59 Å². The van der Waals surface area contributed by atoms with Crippen LogP contribution in [0.1, 0.15) is 16.8 Å². The monoisotopic (exact) mass is 414 g/mol. The van der Waals surface area contributed by atoms with E-state index >= 15 is 0 Å². The van der Waals surface area contributed by atoms with Gasteiger partial charge in [-0.25, -0.2) is 9.69 Å². The largest absolute Gasteiger partial charge is 0.329 e. The number of hydrogen-bond donors (Lipinski definition) is 2. The molecule has 0 spiro atoms. The molecule has 2 aromatic carbocycles. The number of carbonyl (C=O) groups is 3. The Kier molecular flexibility index (Phi) is 5.41. The first-order chi connectivity index (χ1) is 14.9. The zero-order valence-corrected chi connectivity index (χ0v) is 17.3. The molecule has 0 atom stereocenters. The first kappa shape index (κ1) is 20.2. The lowest BCUT2D eigenvalue weighted by molar-refractivity contribution is -0.127. The van der Waals surface area contributed by atoms with Gasteiger partial charge < -0.3 is 15.2 Å². The normalized spacial score (nSPS) is 14.8. The van der Waals surface area contributed by atoms with Crippen LogP contribution in [0, 0.1) is 13.8 Å². The summed E-state index contributed by atoms with van der Waals surface area (Å²) in [5.74, 6) is -0.987. The van der Waals surface area contributed by atoms with Gasteiger partial charge in [-0.1, -0.05) is 29.8 Å². The van der Waals surface area contributed by atoms with Crippen LogP contribution in [0.3, 0.4) is 0 Å².